The fourth-order valence-corrected chi connectivity index (χ4v) is 8.01. The zero-order valence-corrected chi connectivity index (χ0v) is 28.9. The van der Waals surface area contributed by atoms with Gasteiger partial charge in [0.1, 0.15) is 28.8 Å². The number of aromatic nitrogens is 1. The van der Waals surface area contributed by atoms with Crippen molar-refractivity contribution in [3.05, 3.63) is 187 Å². The third kappa shape index (κ3) is 4.85. The summed E-state index contributed by atoms with van der Waals surface area (Å²) < 4.78 is 12.5. The number of aliphatic imine (C=N–C) groups is 2. The Kier molecular flexibility index (Phi) is 6.82. The summed E-state index contributed by atoms with van der Waals surface area (Å²) in [5.74, 6) is 1.40. The van der Waals surface area contributed by atoms with Gasteiger partial charge in [-0.1, -0.05) is 127 Å². The molecule has 1 aliphatic rings. The lowest BCUT2D eigenvalue weighted by molar-refractivity contribution is 0.667. The summed E-state index contributed by atoms with van der Waals surface area (Å²) in [5, 5.41) is 10.1. The van der Waals surface area contributed by atoms with Crippen molar-refractivity contribution in [3.8, 4) is 22.3 Å². The van der Waals surface area contributed by atoms with E-state index in [2.05, 4.69) is 119 Å². The Hall–Kier alpha value is -7.31. The first kappa shape index (κ1) is 30.3. The van der Waals surface area contributed by atoms with Crippen LogP contribution in [0.25, 0.3) is 76.9 Å². The van der Waals surface area contributed by atoms with E-state index in [1.807, 2.05) is 54.7 Å². The summed E-state index contributed by atoms with van der Waals surface area (Å²) in [6.07, 6.45) is 3.20. The average Bonchev–Trinajstić information content (AvgIpc) is 3.82. The highest BCUT2D eigenvalue weighted by molar-refractivity contribution is 6.24. The summed E-state index contributed by atoms with van der Waals surface area (Å²) in [4.78, 5) is 15.0. The number of benzene rings is 7. The number of nitrogens with zero attached hydrogens (tertiary/aromatic N) is 3. The minimum Gasteiger partial charge on any atom is -0.456 e. The lowest BCUT2D eigenvalue weighted by Crippen LogP contribution is -2.33. The van der Waals surface area contributed by atoms with Gasteiger partial charge in [-0.15, -0.1) is 0 Å². The van der Waals surface area contributed by atoms with Gasteiger partial charge in [0.05, 0.1) is 6.20 Å². The molecule has 0 amide bonds. The van der Waals surface area contributed by atoms with E-state index in [1.165, 1.54) is 0 Å². The van der Waals surface area contributed by atoms with Crippen molar-refractivity contribution in [1.29, 1.82) is 0 Å². The highest BCUT2D eigenvalue weighted by Gasteiger charge is 2.25. The number of furan rings is 2. The van der Waals surface area contributed by atoms with Crippen LogP contribution in [-0.4, -0.2) is 16.7 Å². The Morgan fingerprint density at radius 1 is 0.463 bits per heavy atom. The van der Waals surface area contributed by atoms with E-state index in [9.17, 15) is 0 Å². The summed E-state index contributed by atoms with van der Waals surface area (Å²) in [6.45, 7) is 0. The smallest absolute Gasteiger partial charge is 0.160 e. The molecule has 1 N–H and O–H groups in total. The number of pyridine rings is 1. The molecule has 0 spiro atoms. The van der Waals surface area contributed by atoms with Gasteiger partial charge in [0.2, 0.25) is 0 Å². The van der Waals surface area contributed by atoms with Crippen molar-refractivity contribution in [1.82, 2.24) is 10.3 Å². The molecule has 4 heterocycles. The van der Waals surface area contributed by atoms with Gasteiger partial charge in [-0.2, -0.15) is 0 Å². The molecule has 7 aromatic carbocycles. The molecule has 0 radical (unpaired) electrons. The second kappa shape index (κ2) is 12.1. The highest BCUT2D eigenvalue weighted by atomic mass is 16.3. The first-order chi connectivity index (χ1) is 26.8. The Bertz CT molecular complexity index is 3150. The van der Waals surface area contributed by atoms with E-state index in [-0.39, 0.29) is 0 Å². The summed E-state index contributed by atoms with van der Waals surface area (Å²) in [5.41, 5.74) is 10.7. The average molecular weight is 695 g/mol. The first-order valence-electron chi connectivity index (χ1n) is 18.0. The lowest BCUT2D eigenvalue weighted by Gasteiger charge is -2.25. The standard InChI is InChI=1S/C48H30N4O2/c1-2-11-29(12-3-1)30-13-6-14-31(27-30)46-50-47(52-48(51-46)39-21-10-24-42-45(39)37-15-4-5-22-40(37)53-42)36-20-8-16-32-33(17-7-18-34(32)36)35-19-9-23-41-44(35)38-25-26-49-28-43(38)54-41/h1-28,46H,(H,50,51,52). The van der Waals surface area contributed by atoms with Crippen LogP contribution in [0.3, 0.4) is 0 Å². The third-order valence-electron chi connectivity index (χ3n) is 10.5. The van der Waals surface area contributed by atoms with Gasteiger partial charge in [-0.05, 0) is 68.9 Å². The number of para-hydroxylation sites is 1. The highest BCUT2D eigenvalue weighted by Crippen LogP contribution is 2.40. The predicted molar refractivity (Wildman–Crippen MR) is 219 cm³/mol. The molecule has 10 aromatic rings. The number of fused-ring (bicyclic) bond motifs is 7. The number of rotatable bonds is 5. The third-order valence-corrected chi connectivity index (χ3v) is 10.5. The summed E-state index contributed by atoms with van der Waals surface area (Å²) in [7, 11) is 0. The molecule has 1 unspecified atom stereocenters. The van der Waals surface area contributed by atoms with Crippen molar-refractivity contribution >= 4 is 66.3 Å². The topological polar surface area (TPSA) is 75.9 Å². The maximum atomic E-state index is 6.31. The molecule has 6 nitrogen and oxygen atoms in total. The number of hydrogen-bond acceptors (Lipinski definition) is 6. The second-order valence-electron chi connectivity index (χ2n) is 13.6. The minimum absolute atomic E-state index is 0.400. The monoisotopic (exact) mass is 694 g/mol. The maximum Gasteiger partial charge on any atom is 0.160 e. The van der Waals surface area contributed by atoms with E-state index in [4.69, 9.17) is 18.8 Å². The van der Waals surface area contributed by atoms with Gasteiger partial charge in [-0.3, -0.25) is 4.98 Å². The summed E-state index contributed by atoms with van der Waals surface area (Å²) >= 11 is 0. The van der Waals surface area contributed by atoms with Crippen LogP contribution in [0.2, 0.25) is 0 Å². The normalized spacial score (nSPS) is 14.5. The molecule has 0 aliphatic carbocycles. The van der Waals surface area contributed by atoms with Crippen LogP contribution in [0.4, 0.5) is 0 Å². The molecule has 1 aliphatic heterocycles. The van der Waals surface area contributed by atoms with Crippen LogP contribution in [0.1, 0.15) is 22.9 Å². The van der Waals surface area contributed by atoms with E-state index < -0.39 is 6.17 Å². The van der Waals surface area contributed by atoms with E-state index in [0.717, 1.165) is 99.4 Å². The maximum absolute atomic E-state index is 6.31. The van der Waals surface area contributed by atoms with Gasteiger partial charge >= 0.3 is 0 Å². The quantitative estimate of drug-likeness (QED) is 0.195. The molecule has 3 aromatic heterocycles. The predicted octanol–water partition coefficient (Wildman–Crippen LogP) is 11.9. The molecule has 11 rings (SSSR count). The molecule has 0 bridgehead atoms. The van der Waals surface area contributed by atoms with Gasteiger partial charge in [0.25, 0.3) is 0 Å². The van der Waals surface area contributed by atoms with E-state index in [0.29, 0.717) is 5.84 Å². The number of nitrogens with one attached hydrogen (secondary N) is 1. The molecule has 254 valence electrons. The number of amidine groups is 2. The van der Waals surface area contributed by atoms with Crippen molar-refractivity contribution in [3.63, 3.8) is 0 Å². The van der Waals surface area contributed by atoms with Crippen LogP contribution in [0.15, 0.2) is 189 Å². The zero-order chi connectivity index (χ0) is 35.6. The lowest BCUT2D eigenvalue weighted by atomic mass is 9.92. The van der Waals surface area contributed by atoms with E-state index >= 15 is 0 Å². The number of hydrogen-bond donors (Lipinski definition) is 1. The first-order valence-corrected chi connectivity index (χ1v) is 18.0. The van der Waals surface area contributed by atoms with Crippen molar-refractivity contribution in [2.45, 2.75) is 6.17 Å². The van der Waals surface area contributed by atoms with E-state index in [1.54, 1.807) is 6.20 Å². The van der Waals surface area contributed by atoms with Crippen LogP contribution in [-0.2, 0) is 0 Å². The van der Waals surface area contributed by atoms with Gasteiger partial charge in [0, 0.05) is 38.9 Å². The van der Waals surface area contributed by atoms with Crippen molar-refractivity contribution < 1.29 is 8.83 Å². The van der Waals surface area contributed by atoms with Crippen LogP contribution in [0.5, 0.6) is 0 Å². The Morgan fingerprint density at radius 3 is 1.94 bits per heavy atom. The largest absolute Gasteiger partial charge is 0.456 e. The van der Waals surface area contributed by atoms with Crippen LogP contribution >= 0.6 is 0 Å². The van der Waals surface area contributed by atoms with Gasteiger partial charge in [-0.25, -0.2) is 9.98 Å². The van der Waals surface area contributed by atoms with Gasteiger partial charge < -0.3 is 14.2 Å². The molecule has 0 saturated carbocycles. The SMILES string of the molecule is c1ccc(-c2cccc(C3N=C(c4cccc5oc6ccccc6c45)N=C(c4cccc5c(-c6cccc7oc8cnccc8c67)cccc45)N3)c2)cc1. The fourth-order valence-electron chi connectivity index (χ4n) is 8.01. The molecular formula is C48H30N4O2. The van der Waals surface area contributed by atoms with Crippen molar-refractivity contribution in [2.24, 2.45) is 9.98 Å². The Balaban J connectivity index is 1.11. The van der Waals surface area contributed by atoms with Crippen LogP contribution < -0.4 is 5.32 Å². The Morgan fingerprint density at radius 2 is 1.07 bits per heavy atom. The zero-order valence-electron chi connectivity index (χ0n) is 28.9. The summed E-state index contributed by atoms with van der Waals surface area (Å²) in [6, 6.07) is 54.5. The Labute approximate surface area is 309 Å². The molecular weight excluding hydrogens is 665 g/mol. The van der Waals surface area contributed by atoms with Crippen molar-refractivity contribution in [2.75, 3.05) is 0 Å². The molecule has 6 heteroatoms. The fraction of sp³-hybridized carbons (Fsp3) is 0.0208. The minimum atomic E-state index is -0.400. The molecule has 0 fully saturated rings. The van der Waals surface area contributed by atoms with Gasteiger partial charge in [0.15, 0.2) is 11.4 Å². The van der Waals surface area contributed by atoms with Crippen LogP contribution in [0, 0.1) is 0 Å². The molecule has 1 atom stereocenters. The second-order valence-corrected chi connectivity index (χ2v) is 13.6. The molecule has 0 saturated heterocycles. The molecule has 54 heavy (non-hydrogen) atoms.